The fourth-order valence-electron chi connectivity index (χ4n) is 5.11. The Morgan fingerprint density at radius 3 is 2.50 bits per heavy atom. The third-order valence-electron chi connectivity index (χ3n) is 6.85. The molecule has 5 heteroatoms. The van der Waals surface area contributed by atoms with E-state index in [0.29, 0.717) is 12.3 Å². The highest BCUT2D eigenvalue weighted by molar-refractivity contribution is 6.03. The van der Waals surface area contributed by atoms with E-state index in [9.17, 15) is 4.79 Å². The number of carbonyl (C=O) groups excluding carboxylic acids is 1. The van der Waals surface area contributed by atoms with Crippen molar-refractivity contribution in [2.45, 2.75) is 39.3 Å². The second kappa shape index (κ2) is 8.65. The van der Waals surface area contributed by atoms with E-state index in [1.807, 2.05) is 37.3 Å². The standard InChI is InChI=1S/C27H30N4O/c1-3-31-25(29-30-26(31)22-16-20-10-4-5-11-21(20)17-22)15-18(2)27(32)28-24-14-8-12-19-9-6-7-13-23(19)24/h4-14,18,22,26,30H,3,15-17H2,1-2H3,(H,28,32). The molecular weight excluding hydrogens is 396 g/mol. The number of amidine groups is 1. The van der Waals surface area contributed by atoms with Gasteiger partial charge in [0.05, 0.1) is 0 Å². The Morgan fingerprint density at radius 2 is 1.75 bits per heavy atom. The lowest BCUT2D eigenvalue weighted by Gasteiger charge is -2.30. The maximum absolute atomic E-state index is 13.0. The number of benzene rings is 3. The number of nitrogens with zero attached hydrogens (tertiary/aromatic N) is 2. The zero-order valence-electron chi connectivity index (χ0n) is 18.7. The van der Waals surface area contributed by atoms with Gasteiger partial charge in [0.15, 0.2) is 0 Å². The number of rotatable bonds is 6. The van der Waals surface area contributed by atoms with Crippen molar-refractivity contribution in [3.63, 3.8) is 0 Å². The Morgan fingerprint density at radius 1 is 1.06 bits per heavy atom. The lowest BCUT2D eigenvalue weighted by atomic mass is 10.00. The normalized spacial score (nSPS) is 18.9. The monoisotopic (exact) mass is 426 g/mol. The Bertz CT molecular complexity index is 1140. The van der Waals surface area contributed by atoms with Crippen molar-refractivity contribution in [3.05, 3.63) is 77.9 Å². The molecular formula is C27H30N4O. The molecule has 5 nitrogen and oxygen atoms in total. The maximum atomic E-state index is 13.0. The molecule has 3 aromatic carbocycles. The van der Waals surface area contributed by atoms with E-state index >= 15 is 0 Å². The van der Waals surface area contributed by atoms with Crippen LogP contribution in [0.15, 0.2) is 71.8 Å². The van der Waals surface area contributed by atoms with Gasteiger partial charge in [-0.1, -0.05) is 67.6 Å². The Hall–Kier alpha value is -3.34. The molecule has 3 aromatic rings. The van der Waals surface area contributed by atoms with Crippen LogP contribution in [-0.2, 0) is 17.6 Å². The average molecular weight is 427 g/mol. The average Bonchev–Trinajstić information content (AvgIpc) is 3.42. The first-order chi connectivity index (χ1) is 15.6. The van der Waals surface area contributed by atoms with Gasteiger partial charge in [-0.05, 0) is 42.3 Å². The van der Waals surface area contributed by atoms with Gasteiger partial charge in [-0.15, -0.1) is 0 Å². The topological polar surface area (TPSA) is 56.7 Å². The molecule has 2 aliphatic rings. The Balaban J connectivity index is 1.24. The number of amides is 1. The Labute approximate surface area is 189 Å². The smallest absolute Gasteiger partial charge is 0.227 e. The number of carbonyl (C=O) groups is 1. The van der Waals surface area contributed by atoms with Crippen molar-refractivity contribution in [1.29, 1.82) is 0 Å². The molecule has 1 aliphatic heterocycles. The van der Waals surface area contributed by atoms with Gasteiger partial charge in [0.2, 0.25) is 5.91 Å². The summed E-state index contributed by atoms with van der Waals surface area (Å²) in [5.41, 5.74) is 7.15. The summed E-state index contributed by atoms with van der Waals surface area (Å²) in [4.78, 5) is 15.4. The van der Waals surface area contributed by atoms with Crippen molar-refractivity contribution in [1.82, 2.24) is 10.3 Å². The van der Waals surface area contributed by atoms with Gasteiger partial charge in [-0.2, -0.15) is 5.10 Å². The fraction of sp³-hybridized carbons (Fsp3) is 0.333. The lowest BCUT2D eigenvalue weighted by Crippen LogP contribution is -2.46. The van der Waals surface area contributed by atoms with E-state index in [0.717, 1.165) is 41.7 Å². The molecule has 5 rings (SSSR count). The van der Waals surface area contributed by atoms with Crippen molar-refractivity contribution in [2.75, 3.05) is 11.9 Å². The van der Waals surface area contributed by atoms with Crippen molar-refractivity contribution in [2.24, 2.45) is 16.9 Å². The third-order valence-corrected chi connectivity index (χ3v) is 6.85. The van der Waals surface area contributed by atoms with Gasteiger partial charge in [-0.3, -0.25) is 10.2 Å². The number of nitrogens with one attached hydrogen (secondary N) is 2. The lowest BCUT2D eigenvalue weighted by molar-refractivity contribution is -0.119. The van der Waals surface area contributed by atoms with Crippen LogP contribution < -0.4 is 10.7 Å². The summed E-state index contributed by atoms with van der Waals surface area (Å²) in [6.07, 6.45) is 2.96. The predicted molar refractivity (Wildman–Crippen MR) is 130 cm³/mol. The highest BCUT2D eigenvalue weighted by atomic mass is 16.1. The summed E-state index contributed by atoms with van der Waals surface area (Å²) in [7, 11) is 0. The van der Waals surface area contributed by atoms with Crippen LogP contribution in [0.5, 0.6) is 0 Å². The maximum Gasteiger partial charge on any atom is 0.227 e. The van der Waals surface area contributed by atoms with Crippen LogP contribution in [0, 0.1) is 11.8 Å². The van der Waals surface area contributed by atoms with Gasteiger partial charge in [-0.25, -0.2) is 0 Å². The van der Waals surface area contributed by atoms with E-state index in [4.69, 9.17) is 0 Å². The molecule has 0 radical (unpaired) electrons. The quantitative estimate of drug-likeness (QED) is 0.596. The summed E-state index contributed by atoms with van der Waals surface area (Å²) < 4.78 is 0. The summed E-state index contributed by atoms with van der Waals surface area (Å²) >= 11 is 0. The summed E-state index contributed by atoms with van der Waals surface area (Å²) in [6, 6.07) is 22.9. The molecule has 0 bridgehead atoms. The van der Waals surface area contributed by atoms with Gasteiger partial charge >= 0.3 is 0 Å². The van der Waals surface area contributed by atoms with E-state index in [1.54, 1.807) is 0 Å². The highest BCUT2D eigenvalue weighted by Crippen LogP contribution is 2.32. The minimum absolute atomic E-state index is 0.0248. The largest absolute Gasteiger partial charge is 0.337 e. The zero-order chi connectivity index (χ0) is 22.1. The number of anilines is 1. The van der Waals surface area contributed by atoms with Gasteiger partial charge < -0.3 is 10.2 Å². The number of hydrogen-bond acceptors (Lipinski definition) is 4. The molecule has 2 atom stereocenters. The van der Waals surface area contributed by atoms with Crippen LogP contribution in [0.25, 0.3) is 10.8 Å². The zero-order valence-corrected chi connectivity index (χ0v) is 18.7. The van der Waals surface area contributed by atoms with Crippen molar-refractivity contribution in [3.8, 4) is 0 Å². The first-order valence-corrected chi connectivity index (χ1v) is 11.6. The molecule has 0 saturated carbocycles. The summed E-state index contributed by atoms with van der Waals surface area (Å²) in [6.45, 7) is 5.02. The van der Waals surface area contributed by atoms with Gasteiger partial charge in [0.1, 0.15) is 12.0 Å². The first-order valence-electron chi connectivity index (χ1n) is 11.6. The molecule has 0 aromatic heterocycles. The highest BCUT2D eigenvalue weighted by Gasteiger charge is 2.37. The second-order valence-corrected chi connectivity index (χ2v) is 8.95. The minimum atomic E-state index is -0.178. The minimum Gasteiger partial charge on any atom is -0.337 e. The molecule has 2 N–H and O–H groups in total. The molecule has 1 aliphatic carbocycles. The molecule has 164 valence electrons. The van der Waals surface area contributed by atoms with Crippen LogP contribution in [0.4, 0.5) is 5.69 Å². The first kappa shape index (κ1) is 20.6. The number of hydrazone groups is 1. The molecule has 32 heavy (non-hydrogen) atoms. The molecule has 0 spiro atoms. The molecule has 2 unspecified atom stereocenters. The van der Waals surface area contributed by atoms with Crippen LogP contribution in [0.1, 0.15) is 31.4 Å². The summed E-state index contributed by atoms with van der Waals surface area (Å²) in [5.74, 6) is 1.32. The summed E-state index contributed by atoms with van der Waals surface area (Å²) in [5, 5.41) is 9.99. The van der Waals surface area contributed by atoms with Crippen LogP contribution >= 0.6 is 0 Å². The fourth-order valence-corrected chi connectivity index (χ4v) is 5.11. The Kier molecular flexibility index (Phi) is 5.56. The number of fused-ring (bicyclic) bond motifs is 2. The second-order valence-electron chi connectivity index (χ2n) is 8.95. The molecule has 1 amide bonds. The molecule has 1 heterocycles. The van der Waals surface area contributed by atoms with Crippen LogP contribution in [-0.4, -0.2) is 29.4 Å². The SMILES string of the molecule is CCN1C(CC(C)C(=O)Nc2cccc3ccccc23)=NNC1C1Cc2ccccc2C1. The molecule has 0 saturated heterocycles. The van der Waals surface area contributed by atoms with Crippen molar-refractivity contribution >= 4 is 28.2 Å². The van der Waals surface area contributed by atoms with E-state index in [2.05, 4.69) is 64.1 Å². The van der Waals surface area contributed by atoms with E-state index in [-0.39, 0.29) is 18.0 Å². The van der Waals surface area contributed by atoms with Crippen LogP contribution in [0.3, 0.4) is 0 Å². The van der Waals surface area contributed by atoms with Crippen LogP contribution in [0.2, 0.25) is 0 Å². The van der Waals surface area contributed by atoms with Gasteiger partial charge in [0.25, 0.3) is 0 Å². The van der Waals surface area contributed by atoms with Crippen molar-refractivity contribution < 1.29 is 4.79 Å². The number of hydrogen-bond donors (Lipinski definition) is 2. The molecule has 0 fully saturated rings. The predicted octanol–water partition coefficient (Wildman–Crippen LogP) is 4.78. The van der Waals surface area contributed by atoms with Gasteiger partial charge in [0, 0.05) is 35.9 Å². The third kappa shape index (κ3) is 3.83. The van der Waals surface area contributed by atoms with E-state index in [1.165, 1.54) is 11.1 Å². The van der Waals surface area contributed by atoms with E-state index < -0.39 is 0 Å².